The minimum absolute atomic E-state index is 0.0247. The molecule has 2 rings (SSSR count). The number of nitrogens with zero attached hydrogens (tertiary/aromatic N) is 1. The van der Waals surface area contributed by atoms with Gasteiger partial charge in [0.05, 0.1) is 26.0 Å². The molecule has 0 atom stereocenters. The SMILES string of the molecule is COc1ccc(/C=C(\C#N)C(=O)c2ccoc2C)cc1OC. The van der Waals surface area contributed by atoms with Gasteiger partial charge in [0.2, 0.25) is 5.78 Å². The maximum atomic E-state index is 12.3. The van der Waals surface area contributed by atoms with E-state index in [1.54, 1.807) is 38.3 Å². The van der Waals surface area contributed by atoms with Crippen molar-refractivity contribution < 1.29 is 18.7 Å². The van der Waals surface area contributed by atoms with Gasteiger partial charge in [-0.05, 0) is 36.8 Å². The molecule has 1 aromatic carbocycles. The molecule has 0 unspecified atom stereocenters. The fourth-order valence-corrected chi connectivity index (χ4v) is 2.02. The average Bonchev–Trinajstić information content (AvgIpc) is 2.97. The van der Waals surface area contributed by atoms with Gasteiger partial charge in [0.15, 0.2) is 11.5 Å². The summed E-state index contributed by atoms with van der Waals surface area (Å²) in [5, 5.41) is 9.25. The number of hydrogen-bond acceptors (Lipinski definition) is 5. The first-order valence-electron chi connectivity index (χ1n) is 6.53. The second kappa shape index (κ2) is 6.64. The Balaban J connectivity index is 2.40. The molecule has 2 aromatic rings. The average molecular weight is 297 g/mol. The third-order valence-corrected chi connectivity index (χ3v) is 3.19. The number of methoxy groups -OCH3 is 2. The van der Waals surface area contributed by atoms with Crippen LogP contribution in [0.2, 0.25) is 0 Å². The van der Waals surface area contributed by atoms with Crippen LogP contribution in [0.1, 0.15) is 21.7 Å². The third kappa shape index (κ3) is 3.01. The highest BCUT2D eigenvalue weighted by Gasteiger charge is 2.16. The summed E-state index contributed by atoms with van der Waals surface area (Å²) in [6.07, 6.45) is 2.94. The highest BCUT2D eigenvalue weighted by atomic mass is 16.5. The largest absolute Gasteiger partial charge is 0.493 e. The van der Waals surface area contributed by atoms with E-state index in [-0.39, 0.29) is 11.4 Å². The van der Waals surface area contributed by atoms with Gasteiger partial charge in [-0.25, -0.2) is 0 Å². The molecule has 0 bridgehead atoms. The van der Waals surface area contributed by atoms with Gasteiger partial charge in [-0.15, -0.1) is 0 Å². The first-order chi connectivity index (χ1) is 10.6. The van der Waals surface area contributed by atoms with E-state index < -0.39 is 0 Å². The number of allylic oxidation sites excluding steroid dienone is 1. The maximum Gasteiger partial charge on any atom is 0.207 e. The van der Waals surface area contributed by atoms with E-state index in [4.69, 9.17) is 13.9 Å². The Labute approximate surface area is 128 Å². The number of benzene rings is 1. The molecule has 5 heteroatoms. The molecule has 0 spiro atoms. The number of ether oxygens (including phenoxy) is 2. The quantitative estimate of drug-likeness (QED) is 0.480. The van der Waals surface area contributed by atoms with E-state index >= 15 is 0 Å². The van der Waals surface area contributed by atoms with Crippen LogP contribution >= 0.6 is 0 Å². The predicted molar refractivity (Wildman–Crippen MR) is 80.9 cm³/mol. The van der Waals surface area contributed by atoms with Crippen LogP contribution in [0.3, 0.4) is 0 Å². The van der Waals surface area contributed by atoms with Crippen LogP contribution in [-0.2, 0) is 0 Å². The zero-order chi connectivity index (χ0) is 16.1. The third-order valence-electron chi connectivity index (χ3n) is 3.19. The summed E-state index contributed by atoms with van der Waals surface area (Å²) in [5.74, 6) is 1.22. The molecule has 0 aliphatic heterocycles. The van der Waals surface area contributed by atoms with E-state index in [0.717, 1.165) is 0 Å². The number of furan rings is 1. The molecule has 5 nitrogen and oxygen atoms in total. The van der Waals surface area contributed by atoms with E-state index in [0.29, 0.717) is 28.4 Å². The topological polar surface area (TPSA) is 72.5 Å². The summed E-state index contributed by atoms with van der Waals surface area (Å²) >= 11 is 0. The zero-order valence-corrected chi connectivity index (χ0v) is 12.5. The molecule has 0 amide bonds. The number of Topliss-reactive ketones (excluding diaryl/α,β-unsaturated/α-hetero) is 1. The summed E-state index contributed by atoms with van der Waals surface area (Å²) in [5.41, 5.74) is 1.08. The Bertz CT molecular complexity index is 765. The van der Waals surface area contributed by atoms with Gasteiger partial charge in [-0.1, -0.05) is 6.07 Å². The Morgan fingerprint density at radius 1 is 1.23 bits per heavy atom. The van der Waals surface area contributed by atoms with Crippen LogP contribution < -0.4 is 9.47 Å². The number of rotatable bonds is 5. The van der Waals surface area contributed by atoms with Crippen LogP contribution in [0.4, 0.5) is 0 Å². The minimum Gasteiger partial charge on any atom is -0.493 e. The Morgan fingerprint density at radius 2 is 1.95 bits per heavy atom. The number of ketones is 1. The normalized spacial score (nSPS) is 10.9. The van der Waals surface area contributed by atoms with E-state index in [1.807, 2.05) is 6.07 Å². The van der Waals surface area contributed by atoms with Gasteiger partial charge in [0.25, 0.3) is 0 Å². The van der Waals surface area contributed by atoms with E-state index in [2.05, 4.69) is 0 Å². The maximum absolute atomic E-state index is 12.3. The summed E-state index contributed by atoms with van der Waals surface area (Å²) in [7, 11) is 3.07. The summed E-state index contributed by atoms with van der Waals surface area (Å²) in [6.45, 7) is 1.68. The number of hydrogen-bond donors (Lipinski definition) is 0. The van der Waals surface area contributed by atoms with E-state index in [9.17, 15) is 10.1 Å². The van der Waals surface area contributed by atoms with Crippen molar-refractivity contribution >= 4 is 11.9 Å². The molecule has 1 aromatic heterocycles. The number of carbonyl (C=O) groups excluding carboxylic acids is 1. The molecule has 112 valence electrons. The lowest BCUT2D eigenvalue weighted by molar-refractivity contribution is 0.103. The lowest BCUT2D eigenvalue weighted by Gasteiger charge is -2.08. The number of carbonyl (C=O) groups is 1. The highest BCUT2D eigenvalue weighted by molar-refractivity contribution is 6.14. The summed E-state index contributed by atoms with van der Waals surface area (Å²) in [6, 6.07) is 8.64. The van der Waals surface area contributed by atoms with Gasteiger partial charge in [-0.3, -0.25) is 4.79 Å². The molecule has 0 N–H and O–H groups in total. The van der Waals surface area contributed by atoms with Crippen molar-refractivity contribution in [2.24, 2.45) is 0 Å². The van der Waals surface area contributed by atoms with E-state index in [1.165, 1.54) is 19.4 Å². The predicted octanol–water partition coefficient (Wildman–Crippen LogP) is 3.40. The minimum atomic E-state index is -0.372. The Morgan fingerprint density at radius 3 is 2.50 bits per heavy atom. The molecule has 0 saturated carbocycles. The number of aryl methyl sites for hydroxylation is 1. The highest BCUT2D eigenvalue weighted by Crippen LogP contribution is 2.28. The molecule has 0 fully saturated rings. The van der Waals surface area contributed by atoms with Crippen molar-refractivity contribution in [2.75, 3.05) is 14.2 Å². The Hall–Kier alpha value is -3.00. The molecular formula is C17H15NO4. The van der Waals surface area contributed by atoms with Crippen molar-refractivity contribution in [3.05, 3.63) is 53.0 Å². The van der Waals surface area contributed by atoms with Crippen LogP contribution in [0.15, 0.2) is 40.5 Å². The second-order valence-corrected chi connectivity index (χ2v) is 4.50. The first kappa shape index (κ1) is 15.4. The zero-order valence-electron chi connectivity index (χ0n) is 12.5. The second-order valence-electron chi connectivity index (χ2n) is 4.50. The van der Waals surface area contributed by atoms with Gasteiger partial charge < -0.3 is 13.9 Å². The molecular weight excluding hydrogens is 282 g/mol. The van der Waals surface area contributed by atoms with Crippen LogP contribution in [0.5, 0.6) is 11.5 Å². The molecule has 0 saturated heterocycles. The lowest BCUT2D eigenvalue weighted by Crippen LogP contribution is -2.02. The standard InChI is InChI=1S/C17H15NO4/c1-11-14(6-7-22-11)17(19)13(10-18)8-12-4-5-15(20-2)16(9-12)21-3/h4-9H,1-3H3/b13-8+. The smallest absolute Gasteiger partial charge is 0.207 e. The monoisotopic (exact) mass is 297 g/mol. The van der Waals surface area contributed by atoms with Gasteiger partial charge in [0.1, 0.15) is 17.4 Å². The van der Waals surface area contributed by atoms with Crippen molar-refractivity contribution in [2.45, 2.75) is 6.92 Å². The molecule has 0 aliphatic carbocycles. The molecule has 22 heavy (non-hydrogen) atoms. The summed E-state index contributed by atoms with van der Waals surface area (Å²) < 4.78 is 15.5. The molecule has 0 radical (unpaired) electrons. The van der Waals surface area contributed by atoms with Gasteiger partial charge >= 0.3 is 0 Å². The first-order valence-corrected chi connectivity index (χ1v) is 6.53. The van der Waals surface area contributed by atoms with Crippen molar-refractivity contribution in [1.29, 1.82) is 5.26 Å². The molecule has 1 heterocycles. The van der Waals surface area contributed by atoms with Crippen LogP contribution in [0, 0.1) is 18.3 Å². The lowest BCUT2D eigenvalue weighted by atomic mass is 10.0. The Kier molecular flexibility index (Phi) is 4.64. The fraction of sp³-hybridized carbons (Fsp3) is 0.176. The van der Waals surface area contributed by atoms with Crippen molar-refractivity contribution in [3.63, 3.8) is 0 Å². The van der Waals surface area contributed by atoms with Gasteiger partial charge in [0, 0.05) is 0 Å². The molecule has 0 aliphatic rings. The number of nitriles is 1. The fourth-order valence-electron chi connectivity index (χ4n) is 2.02. The summed E-state index contributed by atoms with van der Waals surface area (Å²) in [4.78, 5) is 12.3. The van der Waals surface area contributed by atoms with Crippen LogP contribution in [0.25, 0.3) is 6.08 Å². The van der Waals surface area contributed by atoms with Crippen molar-refractivity contribution in [3.8, 4) is 17.6 Å². The van der Waals surface area contributed by atoms with Crippen LogP contribution in [-0.4, -0.2) is 20.0 Å². The van der Waals surface area contributed by atoms with Gasteiger partial charge in [-0.2, -0.15) is 5.26 Å². The van der Waals surface area contributed by atoms with Crippen molar-refractivity contribution in [1.82, 2.24) is 0 Å².